The normalized spacial score (nSPS) is 25.3. The summed E-state index contributed by atoms with van der Waals surface area (Å²) in [6, 6.07) is -0.140. The minimum atomic E-state index is -5.11. The number of benzene rings is 1. The molecule has 0 aromatic heterocycles. The van der Waals surface area contributed by atoms with Crippen molar-refractivity contribution in [3.05, 3.63) is 29.3 Å². The summed E-state index contributed by atoms with van der Waals surface area (Å²) in [5, 5.41) is 0. The molecule has 1 heterocycles. The first-order valence-electron chi connectivity index (χ1n) is 8.33. The number of sulfonamides is 1. The van der Waals surface area contributed by atoms with E-state index >= 15 is 0 Å². The van der Waals surface area contributed by atoms with Crippen LogP contribution in [0.15, 0.2) is 23.1 Å². The number of alkyl halides is 6. The van der Waals surface area contributed by atoms with Crippen LogP contribution in [0.4, 0.5) is 26.3 Å². The molecule has 1 aliphatic carbocycles. The molecule has 1 aromatic rings. The predicted octanol–water partition coefficient (Wildman–Crippen LogP) is 4.06. The number of halogens is 6. The van der Waals surface area contributed by atoms with Crippen molar-refractivity contribution < 1.29 is 39.5 Å². The van der Waals surface area contributed by atoms with Crippen molar-refractivity contribution in [1.29, 1.82) is 0 Å². The zero-order valence-corrected chi connectivity index (χ0v) is 14.8. The Bertz CT molecular complexity index is 771. The second kappa shape index (κ2) is 6.93. The Morgan fingerprint density at radius 1 is 0.926 bits per heavy atom. The van der Waals surface area contributed by atoms with Gasteiger partial charge in [-0.1, -0.05) is 12.8 Å². The number of ether oxygens (including phenoxy) is 1. The van der Waals surface area contributed by atoms with Gasteiger partial charge in [-0.2, -0.15) is 30.6 Å². The van der Waals surface area contributed by atoms with Crippen molar-refractivity contribution in [2.75, 3.05) is 13.2 Å². The lowest BCUT2D eigenvalue weighted by Crippen LogP contribution is -2.54. The van der Waals surface area contributed by atoms with Crippen LogP contribution in [0.2, 0.25) is 0 Å². The molecule has 0 radical (unpaired) electrons. The third kappa shape index (κ3) is 4.09. The third-order valence-corrected chi connectivity index (χ3v) is 6.75. The molecule has 2 atom stereocenters. The highest BCUT2D eigenvalue weighted by atomic mass is 32.2. The average Bonchev–Trinajstić information content (AvgIpc) is 2.59. The van der Waals surface area contributed by atoms with E-state index in [1.165, 1.54) is 0 Å². The molecular weight excluding hydrogens is 400 g/mol. The maximum absolute atomic E-state index is 13.0. The maximum atomic E-state index is 13.0. The van der Waals surface area contributed by atoms with Gasteiger partial charge in [0.15, 0.2) is 0 Å². The largest absolute Gasteiger partial charge is 0.416 e. The van der Waals surface area contributed by atoms with Gasteiger partial charge >= 0.3 is 12.4 Å². The zero-order valence-electron chi connectivity index (χ0n) is 14.0. The van der Waals surface area contributed by atoms with Crippen LogP contribution in [-0.2, 0) is 27.1 Å². The first-order chi connectivity index (χ1) is 12.4. The van der Waals surface area contributed by atoms with Gasteiger partial charge < -0.3 is 4.74 Å². The van der Waals surface area contributed by atoms with E-state index in [0.29, 0.717) is 19.3 Å². The molecule has 0 bridgehead atoms. The minimum Gasteiger partial charge on any atom is -0.375 e. The summed E-state index contributed by atoms with van der Waals surface area (Å²) in [7, 11) is -4.54. The van der Waals surface area contributed by atoms with E-state index in [0.717, 1.165) is 10.7 Å². The highest BCUT2D eigenvalue weighted by Gasteiger charge is 2.43. The standard InChI is InChI=1S/C16H17F6NO3S/c17-15(18,19)10-7-11(16(20,21)22)9-12(8-10)27(24,25)23-5-6-26-14-4-2-1-3-13(14)23/h7-9,13-14H,1-6H2/t13-,14-/m0/s1. The topological polar surface area (TPSA) is 46.6 Å². The molecule has 2 fully saturated rings. The lowest BCUT2D eigenvalue weighted by molar-refractivity contribution is -0.143. The molecular formula is C16H17F6NO3S. The van der Waals surface area contributed by atoms with Crippen molar-refractivity contribution in [2.24, 2.45) is 0 Å². The summed E-state index contributed by atoms with van der Waals surface area (Å²) in [5.74, 6) is 0. The van der Waals surface area contributed by atoms with Gasteiger partial charge in [0.05, 0.1) is 34.8 Å². The van der Waals surface area contributed by atoms with E-state index < -0.39 is 50.5 Å². The highest BCUT2D eigenvalue weighted by molar-refractivity contribution is 7.89. The molecule has 0 unspecified atom stereocenters. The summed E-state index contributed by atoms with van der Waals surface area (Å²) in [6.07, 6.45) is -8.00. The van der Waals surface area contributed by atoms with Crippen molar-refractivity contribution in [3.63, 3.8) is 0 Å². The zero-order chi connectivity index (χ0) is 20.0. The van der Waals surface area contributed by atoms with Crippen molar-refractivity contribution in [3.8, 4) is 0 Å². The fraction of sp³-hybridized carbons (Fsp3) is 0.625. The van der Waals surface area contributed by atoms with Gasteiger partial charge in [0.25, 0.3) is 0 Å². The van der Waals surface area contributed by atoms with Gasteiger partial charge in [-0.05, 0) is 31.0 Å². The van der Waals surface area contributed by atoms with E-state index in [1.54, 1.807) is 0 Å². The van der Waals surface area contributed by atoms with Crippen LogP contribution >= 0.6 is 0 Å². The Labute approximate surface area is 152 Å². The van der Waals surface area contributed by atoms with Crippen LogP contribution in [-0.4, -0.2) is 38.0 Å². The summed E-state index contributed by atoms with van der Waals surface area (Å²) in [6.45, 7) is -0.0629. The first kappa shape index (κ1) is 20.4. The molecule has 0 amide bonds. The average molecular weight is 417 g/mol. The van der Waals surface area contributed by atoms with Crippen LogP contribution in [0.1, 0.15) is 36.8 Å². The number of rotatable bonds is 2. The van der Waals surface area contributed by atoms with Gasteiger partial charge in [0, 0.05) is 6.54 Å². The molecule has 2 aliphatic rings. The number of nitrogens with zero attached hydrogens (tertiary/aromatic N) is 1. The second-order valence-electron chi connectivity index (χ2n) is 6.62. The summed E-state index contributed by atoms with van der Waals surface area (Å²) < 4.78 is 111. The first-order valence-corrected chi connectivity index (χ1v) is 9.77. The van der Waals surface area contributed by atoms with E-state index in [4.69, 9.17) is 4.74 Å². The fourth-order valence-electron chi connectivity index (χ4n) is 3.57. The lowest BCUT2D eigenvalue weighted by atomic mass is 9.91. The Morgan fingerprint density at radius 2 is 1.48 bits per heavy atom. The molecule has 1 saturated carbocycles. The summed E-state index contributed by atoms with van der Waals surface area (Å²) in [5.41, 5.74) is -3.30. The van der Waals surface area contributed by atoms with Gasteiger partial charge in [-0.25, -0.2) is 8.42 Å². The number of fused-ring (bicyclic) bond motifs is 1. The van der Waals surface area contributed by atoms with E-state index in [2.05, 4.69) is 0 Å². The molecule has 1 saturated heterocycles. The monoisotopic (exact) mass is 417 g/mol. The molecule has 11 heteroatoms. The molecule has 27 heavy (non-hydrogen) atoms. The van der Waals surface area contributed by atoms with E-state index in [-0.39, 0.29) is 31.4 Å². The molecule has 1 aliphatic heterocycles. The van der Waals surface area contributed by atoms with E-state index in [9.17, 15) is 34.8 Å². The van der Waals surface area contributed by atoms with Crippen molar-refractivity contribution in [1.82, 2.24) is 4.31 Å². The van der Waals surface area contributed by atoms with Crippen LogP contribution in [0.25, 0.3) is 0 Å². The van der Waals surface area contributed by atoms with Crippen LogP contribution in [0.3, 0.4) is 0 Å². The van der Waals surface area contributed by atoms with Crippen molar-refractivity contribution in [2.45, 2.75) is 55.1 Å². The number of hydrogen-bond acceptors (Lipinski definition) is 3. The van der Waals surface area contributed by atoms with E-state index in [1.807, 2.05) is 0 Å². The summed E-state index contributed by atoms with van der Waals surface area (Å²) in [4.78, 5) is -1.00. The lowest BCUT2D eigenvalue weighted by Gasteiger charge is -2.42. The van der Waals surface area contributed by atoms with Crippen LogP contribution in [0.5, 0.6) is 0 Å². The number of morpholine rings is 1. The third-order valence-electron chi connectivity index (χ3n) is 4.85. The molecule has 0 N–H and O–H groups in total. The highest BCUT2D eigenvalue weighted by Crippen LogP contribution is 2.39. The molecule has 3 rings (SSSR count). The maximum Gasteiger partial charge on any atom is 0.416 e. The number of hydrogen-bond donors (Lipinski definition) is 0. The Morgan fingerprint density at radius 3 is 2.04 bits per heavy atom. The SMILES string of the molecule is O=S(=O)(c1cc(C(F)(F)F)cc(C(F)(F)F)c1)N1CCO[C@H]2CCCC[C@@H]21. The van der Waals surface area contributed by atoms with Gasteiger partial charge in [-0.3, -0.25) is 0 Å². The molecule has 152 valence electrons. The van der Waals surface area contributed by atoms with Gasteiger partial charge in [0.2, 0.25) is 10.0 Å². The quantitative estimate of drug-likeness (QED) is 0.682. The minimum absolute atomic E-state index is 0.0471. The Balaban J connectivity index is 2.08. The molecule has 1 aromatic carbocycles. The summed E-state index contributed by atoms with van der Waals surface area (Å²) >= 11 is 0. The smallest absolute Gasteiger partial charge is 0.375 e. The molecule has 4 nitrogen and oxygen atoms in total. The molecule has 0 spiro atoms. The van der Waals surface area contributed by atoms with Crippen LogP contribution in [0, 0.1) is 0 Å². The van der Waals surface area contributed by atoms with Gasteiger partial charge in [-0.15, -0.1) is 0 Å². The van der Waals surface area contributed by atoms with Crippen LogP contribution < -0.4 is 0 Å². The second-order valence-corrected chi connectivity index (χ2v) is 8.51. The predicted molar refractivity (Wildman–Crippen MR) is 82.3 cm³/mol. The Kier molecular flexibility index (Phi) is 5.23. The van der Waals surface area contributed by atoms with Crippen molar-refractivity contribution >= 4 is 10.0 Å². The van der Waals surface area contributed by atoms with Gasteiger partial charge in [0.1, 0.15) is 0 Å². The fourth-order valence-corrected chi connectivity index (χ4v) is 5.31. The Hall–Kier alpha value is -1.33.